The van der Waals surface area contributed by atoms with Gasteiger partial charge in [-0.15, -0.1) is 0 Å². The number of amides is 1. The number of carbonyl (C=O) groups excluding carboxylic acids is 1. The molecule has 0 aliphatic rings. The summed E-state index contributed by atoms with van der Waals surface area (Å²) in [6.45, 7) is 1.54. The molecule has 116 valence electrons. The molecule has 1 amide bonds. The average Bonchev–Trinajstić information content (AvgIpc) is 2.55. The Morgan fingerprint density at radius 1 is 1.14 bits per heavy atom. The number of aliphatic hydroxyl groups excluding tert-OH is 1. The Hall–Kier alpha value is -2.17. The van der Waals surface area contributed by atoms with Crippen molar-refractivity contribution in [2.24, 2.45) is 5.73 Å². The fraction of sp³-hybridized carbons (Fsp3) is 0.278. The first-order chi connectivity index (χ1) is 10.5. The van der Waals surface area contributed by atoms with E-state index in [9.17, 15) is 9.90 Å². The van der Waals surface area contributed by atoms with Gasteiger partial charge in [-0.3, -0.25) is 4.79 Å². The van der Waals surface area contributed by atoms with Crippen molar-refractivity contribution in [2.45, 2.75) is 24.9 Å². The molecule has 4 heteroatoms. The molecule has 4 N–H and O–H groups in total. The topological polar surface area (TPSA) is 75.4 Å². The SMILES string of the molecule is C[C@](N)(C(=O)N[C@H](CO)Cc1ccccc1)c1ccccc1. The number of nitrogens with one attached hydrogen (secondary N) is 1. The maximum absolute atomic E-state index is 12.5. The summed E-state index contributed by atoms with van der Waals surface area (Å²) in [4.78, 5) is 12.5. The van der Waals surface area contributed by atoms with Crippen LogP contribution in [0.1, 0.15) is 18.1 Å². The Morgan fingerprint density at radius 3 is 2.23 bits per heavy atom. The van der Waals surface area contributed by atoms with Crippen molar-refractivity contribution in [3.63, 3.8) is 0 Å². The van der Waals surface area contributed by atoms with Gasteiger partial charge in [0.15, 0.2) is 0 Å². The number of aliphatic hydroxyl groups is 1. The standard InChI is InChI=1S/C18H22N2O2/c1-18(19,15-10-6-3-7-11-15)17(22)20-16(13-21)12-14-8-4-2-5-9-14/h2-11,16,21H,12-13,19H2,1H3,(H,20,22)/t16-,18+/m0/s1. The highest BCUT2D eigenvalue weighted by molar-refractivity contribution is 5.87. The highest BCUT2D eigenvalue weighted by Gasteiger charge is 2.31. The van der Waals surface area contributed by atoms with E-state index >= 15 is 0 Å². The molecular formula is C18H22N2O2. The second-order valence-electron chi connectivity index (χ2n) is 5.61. The van der Waals surface area contributed by atoms with E-state index in [1.54, 1.807) is 6.92 Å². The summed E-state index contributed by atoms with van der Waals surface area (Å²) in [5, 5.41) is 12.4. The second-order valence-corrected chi connectivity index (χ2v) is 5.61. The van der Waals surface area contributed by atoms with E-state index in [4.69, 9.17) is 5.73 Å². The lowest BCUT2D eigenvalue weighted by molar-refractivity contribution is -0.127. The lowest BCUT2D eigenvalue weighted by Gasteiger charge is -2.27. The van der Waals surface area contributed by atoms with Gasteiger partial charge in [0.1, 0.15) is 5.54 Å². The zero-order valence-corrected chi connectivity index (χ0v) is 12.7. The Kier molecular flexibility index (Phi) is 5.31. The van der Waals surface area contributed by atoms with Gasteiger partial charge in [0, 0.05) is 0 Å². The summed E-state index contributed by atoms with van der Waals surface area (Å²) in [5.74, 6) is -0.298. The van der Waals surface area contributed by atoms with E-state index < -0.39 is 5.54 Å². The molecule has 0 heterocycles. The van der Waals surface area contributed by atoms with Crippen LogP contribution in [0.3, 0.4) is 0 Å². The van der Waals surface area contributed by atoms with Crippen LogP contribution in [-0.4, -0.2) is 23.7 Å². The van der Waals surface area contributed by atoms with E-state index in [0.717, 1.165) is 11.1 Å². The van der Waals surface area contributed by atoms with Crippen molar-refractivity contribution >= 4 is 5.91 Å². The van der Waals surface area contributed by atoms with E-state index in [1.165, 1.54) is 0 Å². The van der Waals surface area contributed by atoms with Crippen molar-refractivity contribution in [3.05, 3.63) is 71.8 Å². The molecule has 2 aromatic rings. The first-order valence-electron chi connectivity index (χ1n) is 7.34. The second kappa shape index (κ2) is 7.20. The van der Waals surface area contributed by atoms with Crippen LogP contribution in [0.25, 0.3) is 0 Å². The first kappa shape index (κ1) is 16.2. The lowest BCUT2D eigenvalue weighted by atomic mass is 9.91. The Morgan fingerprint density at radius 2 is 1.68 bits per heavy atom. The first-order valence-corrected chi connectivity index (χ1v) is 7.34. The Bertz CT molecular complexity index is 597. The molecule has 0 saturated heterocycles. The van der Waals surface area contributed by atoms with Gasteiger partial charge in [-0.1, -0.05) is 60.7 Å². The number of rotatable bonds is 6. The van der Waals surface area contributed by atoms with Gasteiger partial charge in [0.05, 0.1) is 12.6 Å². The van der Waals surface area contributed by atoms with Crippen LogP contribution >= 0.6 is 0 Å². The predicted molar refractivity (Wildman–Crippen MR) is 87.1 cm³/mol. The summed E-state index contributed by atoms with van der Waals surface area (Å²) >= 11 is 0. The molecule has 2 rings (SSSR count). The maximum atomic E-state index is 12.5. The quantitative estimate of drug-likeness (QED) is 0.758. The molecule has 0 spiro atoms. The molecule has 0 aromatic heterocycles. The Labute approximate surface area is 131 Å². The van der Waals surface area contributed by atoms with Gasteiger partial charge in [-0.2, -0.15) is 0 Å². The summed E-state index contributed by atoms with van der Waals surface area (Å²) in [5.41, 5.74) is 6.85. The van der Waals surface area contributed by atoms with Crippen LogP contribution in [0.2, 0.25) is 0 Å². The molecule has 2 aromatic carbocycles. The molecule has 0 unspecified atom stereocenters. The predicted octanol–water partition coefficient (Wildman–Crippen LogP) is 1.58. The molecule has 22 heavy (non-hydrogen) atoms. The molecule has 0 saturated carbocycles. The van der Waals surface area contributed by atoms with E-state index in [1.807, 2.05) is 60.7 Å². The average molecular weight is 298 g/mol. The zero-order valence-electron chi connectivity index (χ0n) is 12.7. The molecule has 4 nitrogen and oxygen atoms in total. The zero-order chi connectivity index (χ0) is 16.0. The summed E-state index contributed by atoms with van der Waals surface area (Å²) in [6, 6.07) is 18.6. The fourth-order valence-electron chi connectivity index (χ4n) is 2.31. The third-order valence-electron chi connectivity index (χ3n) is 3.73. The van der Waals surface area contributed by atoms with E-state index in [2.05, 4.69) is 5.32 Å². The summed E-state index contributed by atoms with van der Waals surface area (Å²) < 4.78 is 0. The number of nitrogens with two attached hydrogens (primary N) is 1. The molecule has 0 radical (unpaired) electrons. The van der Waals surface area contributed by atoms with Gasteiger partial charge in [-0.05, 0) is 24.5 Å². The van der Waals surface area contributed by atoms with Gasteiger partial charge in [-0.25, -0.2) is 0 Å². The smallest absolute Gasteiger partial charge is 0.244 e. The van der Waals surface area contributed by atoms with Crippen molar-refractivity contribution in [1.29, 1.82) is 0 Å². The number of hydrogen-bond donors (Lipinski definition) is 3. The molecule has 2 atom stereocenters. The van der Waals surface area contributed by atoms with Crippen LogP contribution in [0.15, 0.2) is 60.7 Å². The molecule has 0 fully saturated rings. The third-order valence-corrected chi connectivity index (χ3v) is 3.73. The van der Waals surface area contributed by atoms with Crippen molar-refractivity contribution in [2.75, 3.05) is 6.61 Å². The molecule has 0 aliphatic carbocycles. The van der Waals surface area contributed by atoms with Crippen LogP contribution in [0, 0.1) is 0 Å². The van der Waals surface area contributed by atoms with Crippen molar-refractivity contribution in [1.82, 2.24) is 5.32 Å². The molecule has 0 aliphatic heterocycles. The largest absolute Gasteiger partial charge is 0.394 e. The minimum atomic E-state index is -1.13. The van der Waals surface area contributed by atoms with Crippen LogP contribution in [0.4, 0.5) is 0 Å². The number of benzene rings is 2. The lowest BCUT2D eigenvalue weighted by Crippen LogP contribution is -2.53. The molecular weight excluding hydrogens is 276 g/mol. The monoisotopic (exact) mass is 298 g/mol. The van der Waals surface area contributed by atoms with Crippen molar-refractivity contribution in [3.8, 4) is 0 Å². The minimum Gasteiger partial charge on any atom is -0.394 e. The van der Waals surface area contributed by atoms with Crippen LogP contribution < -0.4 is 11.1 Å². The highest BCUT2D eigenvalue weighted by atomic mass is 16.3. The van der Waals surface area contributed by atoms with E-state index in [-0.39, 0.29) is 18.6 Å². The number of carbonyl (C=O) groups is 1. The normalized spacial score (nSPS) is 14.9. The van der Waals surface area contributed by atoms with E-state index in [0.29, 0.717) is 6.42 Å². The minimum absolute atomic E-state index is 0.133. The highest BCUT2D eigenvalue weighted by Crippen LogP contribution is 2.18. The van der Waals surface area contributed by atoms with Gasteiger partial charge in [0.2, 0.25) is 5.91 Å². The molecule has 0 bridgehead atoms. The summed E-state index contributed by atoms with van der Waals surface area (Å²) in [6.07, 6.45) is 0.563. The van der Waals surface area contributed by atoms with Gasteiger partial charge < -0.3 is 16.2 Å². The third kappa shape index (κ3) is 3.93. The Balaban J connectivity index is 2.06. The number of hydrogen-bond acceptors (Lipinski definition) is 3. The van der Waals surface area contributed by atoms with Gasteiger partial charge >= 0.3 is 0 Å². The van der Waals surface area contributed by atoms with Crippen LogP contribution in [-0.2, 0) is 16.8 Å². The van der Waals surface area contributed by atoms with Gasteiger partial charge in [0.25, 0.3) is 0 Å². The van der Waals surface area contributed by atoms with Crippen LogP contribution in [0.5, 0.6) is 0 Å². The maximum Gasteiger partial charge on any atom is 0.244 e. The van der Waals surface area contributed by atoms with Crippen molar-refractivity contribution < 1.29 is 9.90 Å². The summed E-state index contributed by atoms with van der Waals surface area (Å²) in [7, 11) is 0. The fourth-order valence-corrected chi connectivity index (χ4v) is 2.31.